The van der Waals surface area contributed by atoms with Crippen LogP contribution in [0.4, 0.5) is 11.4 Å². The smallest absolute Gasteiger partial charge is 0.287 e. The number of ether oxygens (including phenoxy) is 1. The van der Waals surface area contributed by atoms with Gasteiger partial charge in [-0.05, 0) is 60.7 Å². The van der Waals surface area contributed by atoms with Crippen LogP contribution in [-0.4, -0.2) is 49.9 Å². The number of nitro groups is 2. The number of nitro benzene ring substituents is 2. The number of halogens is 2. The van der Waals surface area contributed by atoms with Gasteiger partial charge < -0.3 is 4.74 Å². The number of hydrogen-bond acceptors (Lipinski definition) is 9. The summed E-state index contributed by atoms with van der Waals surface area (Å²) in [5.74, 6) is -3.30. The summed E-state index contributed by atoms with van der Waals surface area (Å²) in [5, 5.41) is 23.5. The van der Waals surface area contributed by atoms with Gasteiger partial charge in [0.25, 0.3) is 29.1 Å². The topological polar surface area (TPSA) is 170 Å². The van der Waals surface area contributed by atoms with Crippen molar-refractivity contribution in [3.8, 4) is 11.5 Å². The zero-order valence-electron chi connectivity index (χ0n) is 22.0. The van der Waals surface area contributed by atoms with Gasteiger partial charge in [0.1, 0.15) is 23.6 Å². The third-order valence-electron chi connectivity index (χ3n) is 6.46. The van der Waals surface area contributed by atoms with Crippen molar-refractivity contribution in [2.24, 2.45) is 0 Å². The lowest BCUT2D eigenvalue weighted by atomic mass is 10.1. The molecule has 1 aliphatic heterocycles. The maximum absolute atomic E-state index is 13.7. The van der Waals surface area contributed by atoms with Crippen molar-refractivity contribution >= 4 is 58.1 Å². The predicted molar refractivity (Wildman–Crippen MR) is 155 cm³/mol. The van der Waals surface area contributed by atoms with Gasteiger partial charge in [-0.15, -0.1) is 0 Å². The van der Waals surface area contributed by atoms with Crippen LogP contribution in [0.1, 0.15) is 41.4 Å². The van der Waals surface area contributed by atoms with Crippen LogP contribution in [0.2, 0.25) is 10.0 Å². The van der Waals surface area contributed by atoms with Crippen LogP contribution in [0.25, 0.3) is 0 Å². The summed E-state index contributed by atoms with van der Waals surface area (Å²) in [6, 6.07) is 18.2. The number of ketones is 1. The Labute approximate surface area is 257 Å². The first-order valence-corrected chi connectivity index (χ1v) is 13.2. The number of carbonyl (C=O) groups is 4. The van der Waals surface area contributed by atoms with Gasteiger partial charge in [0.15, 0.2) is 5.78 Å². The first-order chi connectivity index (χ1) is 21.0. The highest BCUT2D eigenvalue weighted by molar-refractivity contribution is 6.42. The zero-order chi connectivity index (χ0) is 31.7. The maximum Gasteiger partial charge on any atom is 0.287 e. The standard InChI is InChI=1S/C29H16Cl2N4O9/c30-22-13-6-17(14-23(22)31)27(37)32(33-28(38)21-2-1-3-24(35(42)43)26(21)29(33)39)15-25(36)16-4-9-19(10-5-16)44-20-11-7-18(8-12-20)34(40)41/h1-14H,15H2. The Hall–Kier alpha value is -5.66. The molecule has 0 spiro atoms. The third kappa shape index (κ3) is 5.69. The van der Waals surface area contributed by atoms with Crippen LogP contribution in [0.15, 0.2) is 84.9 Å². The van der Waals surface area contributed by atoms with E-state index >= 15 is 0 Å². The molecule has 4 aromatic rings. The fourth-order valence-corrected chi connectivity index (χ4v) is 4.64. The van der Waals surface area contributed by atoms with E-state index in [0.29, 0.717) is 15.8 Å². The van der Waals surface area contributed by atoms with E-state index in [9.17, 15) is 39.4 Å². The van der Waals surface area contributed by atoms with Crippen molar-refractivity contribution in [3.63, 3.8) is 0 Å². The number of imide groups is 1. The van der Waals surface area contributed by atoms with E-state index in [4.69, 9.17) is 27.9 Å². The highest BCUT2D eigenvalue weighted by Gasteiger charge is 2.46. The average molecular weight is 635 g/mol. The summed E-state index contributed by atoms with van der Waals surface area (Å²) >= 11 is 12.0. The van der Waals surface area contributed by atoms with Gasteiger partial charge >= 0.3 is 0 Å². The zero-order valence-corrected chi connectivity index (χ0v) is 23.5. The number of benzene rings is 4. The van der Waals surface area contributed by atoms with E-state index in [-0.39, 0.29) is 38.2 Å². The molecule has 0 N–H and O–H groups in total. The molecule has 0 aromatic heterocycles. The fourth-order valence-electron chi connectivity index (χ4n) is 4.35. The number of nitrogens with zero attached hydrogens (tertiary/aromatic N) is 4. The summed E-state index contributed by atoms with van der Waals surface area (Å²) in [4.78, 5) is 74.9. The highest BCUT2D eigenvalue weighted by Crippen LogP contribution is 2.33. The maximum atomic E-state index is 13.7. The van der Waals surface area contributed by atoms with Crippen LogP contribution < -0.4 is 4.74 Å². The van der Waals surface area contributed by atoms with E-state index in [0.717, 1.165) is 6.07 Å². The molecule has 15 heteroatoms. The van der Waals surface area contributed by atoms with Gasteiger partial charge in [-0.2, -0.15) is 5.01 Å². The van der Waals surface area contributed by atoms with Crippen LogP contribution in [0.3, 0.4) is 0 Å². The van der Waals surface area contributed by atoms with Crippen molar-refractivity contribution in [1.82, 2.24) is 10.0 Å². The van der Waals surface area contributed by atoms with Crippen molar-refractivity contribution < 1.29 is 33.8 Å². The van der Waals surface area contributed by atoms with E-state index in [1.807, 2.05) is 0 Å². The fraction of sp³-hybridized carbons (Fsp3) is 0.0345. The molecule has 0 unspecified atom stereocenters. The Bertz CT molecular complexity index is 1880. The number of non-ortho nitro benzene ring substituents is 1. The Morgan fingerprint density at radius 1 is 0.773 bits per heavy atom. The predicted octanol–water partition coefficient (Wildman–Crippen LogP) is 6.14. The summed E-state index contributed by atoms with van der Waals surface area (Å²) in [7, 11) is 0. The Balaban J connectivity index is 1.44. The molecule has 4 aromatic carbocycles. The van der Waals surface area contributed by atoms with Gasteiger partial charge in [-0.3, -0.25) is 39.4 Å². The SMILES string of the molecule is O=C(CN(C(=O)c1ccc(Cl)c(Cl)c1)N1C(=O)c2cccc([N+](=O)[O-])c2C1=O)c1ccc(Oc2ccc([N+](=O)[O-])cc2)cc1. The summed E-state index contributed by atoms with van der Waals surface area (Å²) in [6.07, 6.45) is 0. The summed E-state index contributed by atoms with van der Waals surface area (Å²) < 4.78 is 5.65. The quantitative estimate of drug-likeness (QED) is 0.0907. The van der Waals surface area contributed by atoms with Crippen LogP contribution in [0.5, 0.6) is 11.5 Å². The van der Waals surface area contributed by atoms with Gasteiger partial charge in [0.05, 0.1) is 25.5 Å². The largest absolute Gasteiger partial charge is 0.457 e. The van der Waals surface area contributed by atoms with Crippen molar-refractivity contribution in [2.75, 3.05) is 6.54 Å². The molecule has 5 rings (SSSR count). The second-order valence-electron chi connectivity index (χ2n) is 9.17. The minimum atomic E-state index is -1.16. The van der Waals surface area contributed by atoms with Gasteiger partial charge in [0.2, 0.25) is 0 Å². The molecule has 0 saturated heterocycles. The van der Waals surface area contributed by atoms with Crippen molar-refractivity contribution in [2.45, 2.75) is 0 Å². The van der Waals surface area contributed by atoms with Gasteiger partial charge in [-0.25, -0.2) is 5.01 Å². The highest BCUT2D eigenvalue weighted by atomic mass is 35.5. The van der Waals surface area contributed by atoms with Crippen LogP contribution in [-0.2, 0) is 0 Å². The van der Waals surface area contributed by atoms with E-state index in [1.165, 1.54) is 78.9 Å². The van der Waals surface area contributed by atoms with Gasteiger partial charge in [-0.1, -0.05) is 29.3 Å². The van der Waals surface area contributed by atoms with Gasteiger partial charge in [0, 0.05) is 29.3 Å². The Kier molecular flexibility index (Phi) is 8.07. The average Bonchev–Trinajstić information content (AvgIpc) is 3.26. The molecule has 220 valence electrons. The molecule has 0 saturated carbocycles. The molecular formula is C29H16Cl2N4O9. The molecule has 13 nitrogen and oxygen atoms in total. The summed E-state index contributed by atoms with van der Waals surface area (Å²) in [6.45, 7) is -0.819. The van der Waals surface area contributed by atoms with Crippen molar-refractivity contribution in [3.05, 3.63) is 137 Å². The van der Waals surface area contributed by atoms with E-state index in [2.05, 4.69) is 0 Å². The number of carbonyl (C=O) groups excluding carboxylic acids is 4. The monoisotopic (exact) mass is 634 g/mol. The van der Waals surface area contributed by atoms with E-state index in [1.54, 1.807) is 0 Å². The molecule has 0 bridgehead atoms. The molecule has 0 aliphatic carbocycles. The number of hydrazine groups is 1. The number of hydrogen-bond donors (Lipinski definition) is 0. The number of amides is 3. The number of rotatable bonds is 9. The lowest BCUT2D eigenvalue weighted by Gasteiger charge is -2.29. The minimum Gasteiger partial charge on any atom is -0.457 e. The Morgan fingerprint density at radius 3 is 1.98 bits per heavy atom. The molecule has 1 heterocycles. The second-order valence-corrected chi connectivity index (χ2v) is 9.99. The first kappa shape index (κ1) is 29.8. The van der Waals surface area contributed by atoms with Crippen LogP contribution >= 0.6 is 23.2 Å². The van der Waals surface area contributed by atoms with Crippen LogP contribution in [0, 0.1) is 20.2 Å². The number of Topliss-reactive ketones (excluding diaryl/α,β-unsaturated/α-hetero) is 1. The number of fused-ring (bicyclic) bond motifs is 1. The Morgan fingerprint density at radius 2 is 1.39 bits per heavy atom. The normalized spacial score (nSPS) is 12.1. The lowest BCUT2D eigenvalue weighted by molar-refractivity contribution is -0.385. The first-order valence-electron chi connectivity index (χ1n) is 12.4. The molecule has 3 amide bonds. The molecule has 1 aliphatic rings. The third-order valence-corrected chi connectivity index (χ3v) is 7.20. The lowest BCUT2D eigenvalue weighted by Crippen LogP contribution is -2.51. The molecule has 0 radical (unpaired) electrons. The molecule has 0 atom stereocenters. The minimum absolute atomic E-state index is 0.00889. The molecule has 44 heavy (non-hydrogen) atoms. The van der Waals surface area contributed by atoms with E-state index < -0.39 is 51.1 Å². The molecular weight excluding hydrogens is 619 g/mol. The van der Waals surface area contributed by atoms with Crippen molar-refractivity contribution in [1.29, 1.82) is 0 Å². The molecule has 0 fully saturated rings. The summed E-state index contributed by atoms with van der Waals surface area (Å²) in [5.41, 5.74) is -1.64. The second kappa shape index (κ2) is 11.9.